The number of benzene rings is 1. The molecule has 0 heterocycles. The first-order chi connectivity index (χ1) is 8.60. The van der Waals surface area contributed by atoms with Crippen LogP contribution in [0.15, 0.2) is 23.8 Å². The van der Waals surface area contributed by atoms with Gasteiger partial charge in [0.2, 0.25) is 0 Å². The number of aliphatic hydroxyl groups excluding tert-OH is 1. The fourth-order valence-electron chi connectivity index (χ4n) is 1.47. The van der Waals surface area contributed by atoms with E-state index in [0.717, 1.165) is 5.57 Å². The fourth-order valence-corrected chi connectivity index (χ4v) is 1.47. The van der Waals surface area contributed by atoms with Crippen LogP contribution < -0.4 is 9.47 Å². The van der Waals surface area contributed by atoms with E-state index in [1.165, 1.54) is 13.2 Å². The highest BCUT2D eigenvalue weighted by molar-refractivity contribution is 5.58. The molecule has 0 amide bonds. The van der Waals surface area contributed by atoms with Gasteiger partial charge in [-0.25, -0.2) is 0 Å². The molecule has 1 aromatic rings. The molecule has 0 saturated heterocycles. The molecule has 0 radical (unpaired) electrons. The lowest BCUT2D eigenvalue weighted by Crippen LogP contribution is -2.03. The van der Waals surface area contributed by atoms with E-state index in [2.05, 4.69) is 4.74 Å². The molecule has 100 valence electrons. The van der Waals surface area contributed by atoms with Crippen LogP contribution in [0.1, 0.15) is 18.9 Å². The second-order valence-electron chi connectivity index (χ2n) is 3.60. The quantitative estimate of drug-likeness (QED) is 0.852. The van der Waals surface area contributed by atoms with Gasteiger partial charge in [-0.2, -0.15) is 8.78 Å². The van der Waals surface area contributed by atoms with Crippen molar-refractivity contribution in [2.45, 2.75) is 20.0 Å². The average Bonchev–Trinajstić information content (AvgIpc) is 2.35. The Morgan fingerprint density at radius 2 is 2.11 bits per heavy atom. The SMILES string of the molecule is CCC(=Cc1ccc(OC)c(OC(F)F)c1)CO. The summed E-state index contributed by atoms with van der Waals surface area (Å²) in [5.41, 5.74) is 1.49. The molecular formula is C13H16F2O3. The van der Waals surface area contributed by atoms with Crippen LogP contribution in [-0.2, 0) is 0 Å². The zero-order valence-electron chi connectivity index (χ0n) is 10.3. The number of hydrogen-bond acceptors (Lipinski definition) is 3. The Morgan fingerprint density at radius 1 is 1.39 bits per heavy atom. The molecule has 0 atom stereocenters. The molecule has 5 heteroatoms. The predicted octanol–water partition coefficient (Wildman–Crippen LogP) is 3.08. The summed E-state index contributed by atoms with van der Waals surface area (Å²) in [5, 5.41) is 9.06. The standard InChI is InChI=1S/C13H16F2O3/c1-3-9(8-16)6-10-4-5-11(17-2)12(7-10)18-13(14)15/h4-7,13,16H,3,8H2,1-2H3. The smallest absolute Gasteiger partial charge is 0.387 e. The minimum Gasteiger partial charge on any atom is -0.493 e. The van der Waals surface area contributed by atoms with Crippen LogP contribution in [0.5, 0.6) is 11.5 Å². The Morgan fingerprint density at radius 3 is 2.61 bits per heavy atom. The average molecular weight is 258 g/mol. The van der Waals surface area contributed by atoms with Gasteiger partial charge in [-0.15, -0.1) is 0 Å². The van der Waals surface area contributed by atoms with Gasteiger partial charge in [-0.05, 0) is 29.7 Å². The van der Waals surface area contributed by atoms with E-state index in [1.807, 2.05) is 6.92 Å². The van der Waals surface area contributed by atoms with Crippen molar-refractivity contribution in [3.63, 3.8) is 0 Å². The molecule has 1 rings (SSSR count). The van der Waals surface area contributed by atoms with Gasteiger partial charge in [0.15, 0.2) is 11.5 Å². The van der Waals surface area contributed by atoms with Crippen LogP contribution in [0.4, 0.5) is 8.78 Å². The summed E-state index contributed by atoms with van der Waals surface area (Å²) in [6, 6.07) is 4.72. The highest BCUT2D eigenvalue weighted by Crippen LogP contribution is 2.30. The second-order valence-corrected chi connectivity index (χ2v) is 3.60. The molecule has 0 spiro atoms. The second kappa shape index (κ2) is 6.96. The predicted molar refractivity (Wildman–Crippen MR) is 65.0 cm³/mol. The Kier molecular flexibility index (Phi) is 5.58. The summed E-state index contributed by atoms with van der Waals surface area (Å²) in [4.78, 5) is 0. The first-order valence-corrected chi connectivity index (χ1v) is 5.53. The molecule has 0 saturated carbocycles. The number of ether oxygens (including phenoxy) is 2. The van der Waals surface area contributed by atoms with Crippen LogP contribution >= 0.6 is 0 Å². The molecule has 0 unspecified atom stereocenters. The minimum absolute atomic E-state index is 0.0188. The van der Waals surface area contributed by atoms with Crippen molar-refractivity contribution in [1.29, 1.82) is 0 Å². The van der Waals surface area contributed by atoms with Gasteiger partial charge in [0.25, 0.3) is 0 Å². The van der Waals surface area contributed by atoms with Crippen molar-refractivity contribution in [1.82, 2.24) is 0 Å². The Hall–Kier alpha value is -1.62. The molecule has 0 aliphatic carbocycles. The van der Waals surface area contributed by atoms with E-state index >= 15 is 0 Å². The molecule has 1 aromatic carbocycles. The first-order valence-electron chi connectivity index (χ1n) is 5.53. The molecule has 3 nitrogen and oxygen atoms in total. The van der Waals surface area contributed by atoms with Gasteiger partial charge in [-0.1, -0.05) is 19.1 Å². The van der Waals surface area contributed by atoms with Gasteiger partial charge < -0.3 is 14.6 Å². The zero-order valence-corrected chi connectivity index (χ0v) is 10.3. The number of methoxy groups -OCH3 is 1. The number of hydrogen-bond donors (Lipinski definition) is 1. The van der Waals surface area contributed by atoms with Gasteiger partial charge in [-0.3, -0.25) is 0 Å². The summed E-state index contributed by atoms with van der Waals surface area (Å²) in [5.74, 6) is 0.226. The zero-order chi connectivity index (χ0) is 13.5. The van der Waals surface area contributed by atoms with Crippen molar-refractivity contribution >= 4 is 6.08 Å². The van der Waals surface area contributed by atoms with E-state index in [-0.39, 0.29) is 18.1 Å². The Bertz CT molecular complexity index is 411. The molecule has 0 fully saturated rings. The Labute approximate surface area is 105 Å². The third-order valence-corrected chi connectivity index (χ3v) is 2.43. The van der Waals surface area contributed by atoms with Gasteiger partial charge in [0.1, 0.15) is 0 Å². The van der Waals surface area contributed by atoms with Gasteiger partial charge in [0, 0.05) is 0 Å². The number of rotatable bonds is 6. The third-order valence-electron chi connectivity index (χ3n) is 2.43. The summed E-state index contributed by atoms with van der Waals surface area (Å²) in [6.45, 7) is -1.06. The molecule has 0 aliphatic heterocycles. The van der Waals surface area contributed by atoms with Crippen LogP contribution in [0, 0.1) is 0 Å². The van der Waals surface area contributed by atoms with Gasteiger partial charge in [0.05, 0.1) is 13.7 Å². The van der Waals surface area contributed by atoms with Crippen LogP contribution in [0.25, 0.3) is 6.08 Å². The topological polar surface area (TPSA) is 38.7 Å². The van der Waals surface area contributed by atoms with E-state index in [1.54, 1.807) is 18.2 Å². The molecular weight excluding hydrogens is 242 g/mol. The third kappa shape index (κ3) is 4.00. The number of aliphatic hydroxyl groups is 1. The lowest BCUT2D eigenvalue weighted by molar-refractivity contribution is -0.0512. The Balaban J connectivity index is 3.05. The highest BCUT2D eigenvalue weighted by atomic mass is 19.3. The molecule has 18 heavy (non-hydrogen) atoms. The fraction of sp³-hybridized carbons (Fsp3) is 0.385. The monoisotopic (exact) mass is 258 g/mol. The molecule has 0 aliphatic rings. The molecule has 1 N–H and O–H groups in total. The lowest BCUT2D eigenvalue weighted by atomic mass is 10.1. The van der Waals surface area contributed by atoms with Crippen LogP contribution in [0.2, 0.25) is 0 Å². The maximum Gasteiger partial charge on any atom is 0.387 e. The lowest BCUT2D eigenvalue weighted by Gasteiger charge is -2.10. The number of halogens is 2. The minimum atomic E-state index is -2.90. The van der Waals surface area contributed by atoms with E-state index in [0.29, 0.717) is 12.0 Å². The maximum atomic E-state index is 12.2. The van der Waals surface area contributed by atoms with Crippen LogP contribution in [0.3, 0.4) is 0 Å². The maximum absolute atomic E-state index is 12.2. The summed E-state index contributed by atoms with van der Waals surface area (Å²) in [7, 11) is 1.38. The van der Waals surface area contributed by atoms with Crippen molar-refractivity contribution in [3.05, 3.63) is 29.3 Å². The van der Waals surface area contributed by atoms with Crippen molar-refractivity contribution in [2.24, 2.45) is 0 Å². The summed E-state index contributed by atoms with van der Waals surface area (Å²) >= 11 is 0. The van der Waals surface area contributed by atoms with Crippen molar-refractivity contribution in [3.8, 4) is 11.5 Å². The molecule has 0 aromatic heterocycles. The summed E-state index contributed by atoms with van der Waals surface area (Å²) in [6.07, 6.45) is 2.42. The van der Waals surface area contributed by atoms with E-state index < -0.39 is 6.61 Å². The van der Waals surface area contributed by atoms with E-state index in [9.17, 15) is 8.78 Å². The number of alkyl halides is 2. The summed E-state index contributed by atoms with van der Waals surface area (Å²) < 4.78 is 33.8. The first kappa shape index (κ1) is 14.4. The van der Waals surface area contributed by atoms with E-state index in [4.69, 9.17) is 9.84 Å². The van der Waals surface area contributed by atoms with Crippen molar-refractivity contribution < 1.29 is 23.4 Å². The van der Waals surface area contributed by atoms with Crippen LogP contribution in [-0.4, -0.2) is 25.4 Å². The van der Waals surface area contributed by atoms with Gasteiger partial charge >= 0.3 is 6.61 Å². The largest absolute Gasteiger partial charge is 0.493 e. The normalized spacial score (nSPS) is 11.8. The highest BCUT2D eigenvalue weighted by Gasteiger charge is 2.10. The molecule has 0 bridgehead atoms. The van der Waals surface area contributed by atoms with Crippen molar-refractivity contribution in [2.75, 3.05) is 13.7 Å².